The van der Waals surface area contributed by atoms with Crippen molar-refractivity contribution in [3.05, 3.63) is 29.5 Å². The van der Waals surface area contributed by atoms with E-state index in [9.17, 15) is 0 Å². The number of hydrogen-bond acceptors (Lipinski definition) is 3. The first kappa shape index (κ1) is 12.3. The van der Waals surface area contributed by atoms with Crippen LogP contribution in [0.15, 0.2) is 18.2 Å². The van der Waals surface area contributed by atoms with Crippen LogP contribution in [0.4, 0.5) is 5.69 Å². The second-order valence-corrected chi connectivity index (χ2v) is 5.45. The van der Waals surface area contributed by atoms with Gasteiger partial charge in [0.15, 0.2) is 0 Å². The van der Waals surface area contributed by atoms with Crippen molar-refractivity contribution in [2.45, 2.75) is 39.2 Å². The number of aromatic nitrogens is 1. The average molecular weight is 256 g/mol. The molecule has 100 valence electrons. The lowest BCUT2D eigenvalue weighted by molar-refractivity contribution is 0.415. The molecule has 0 spiro atoms. The van der Waals surface area contributed by atoms with Crippen molar-refractivity contribution in [1.82, 2.24) is 4.98 Å². The van der Waals surface area contributed by atoms with Gasteiger partial charge in [0.25, 0.3) is 0 Å². The molecule has 1 heterocycles. The van der Waals surface area contributed by atoms with Crippen molar-refractivity contribution in [2.75, 3.05) is 12.4 Å². The maximum absolute atomic E-state index is 5.35. The number of nitrogens with one attached hydrogen (secondary N) is 1. The quantitative estimate of drug-likeness (QED) is 0.912. The molecule has 0 aliphatic heterocycles. The van der Waals surface area contributed by atoms with Gasteiger partial charge in [-0.2, -0.15) is 0 Å². The largest absolute Gasteiger partial charge is 0.497 e. The Morgan fingerprint density at radius 1 is 1.26 bits per heavy atom. The molecule has 0 saturated carbocycles. The lowest BCUT2D eigenvalue weighted by atomic mass is 10.1. The van der Waals surface area contributed by atoms with Crippen LogP contribution in [0.1, 0.15) is 31.5 Å². The van der Waals surface area contributed by atoms with Gasteiger partial charge in [0.1, 0.15) is 5.75 Å². The number of aryl methyl sites for hydroxylation is 1. The maximum Gasteiger partial charge on any atom is 0.119 e. The zero-order valence-corrected chi connectivity index (χ0v) is 11.8. The second-order valence-electron chi connectivity index (χ2n) is 5.45. The van der Waals surface area contributed by atoms with Gasteiger partial charge in [-0.15, -0.1) is 0 Å². The van der Waals surface area contributed by atoms with Gasteiger partial charge in [-0.25, -0.2) is 0 Å². The van der Waals surface area contributed by atoms with Crippen LogP contribution in [-0.4, -0.2) is 18.1 Å². The molecule has 1 aliphatic carbocycles. The fourth-order valence-corrected chi connectivity index (χ4v) is 2.82. The fourth-order valence-electron chi connectivity index (χ4n) is 2.82. The van der Waals surface area contributed by atoms with Crippen LogP contribution >= 0.6 is 0 Å². The highest BCUT2D eigenvalue weighted by molar-refractivity contribution is 5.94. The van der Waals surface area contributed by atoms with E-state index in [1.165, 1.54) is 28.8 Å². The first-order valence-electron chi connectivity index (χ1n) is 6.95. The predicted octanol–water partition coefficient (Wildman–Crippen LogP) is 3.55. The topological polar surface area (TPSA) is 34.1 Å². The van der Waals surface area contributed by atoms with Crippen LogP contribution in [0, 0.1) is 0 Å². The van der Waals surface area contributed by atoms with Crippen LogP contribution in [-0.2, 0) is 12.8 Å². The summed E-state index contributed by atoms with van der Waals surface area (Å²) >= 11 is 0. The molecule has 0 amide bonds. The molecule has 0 radical (unpaired) electrons. The number of benzene rings is 1. The molecular weight excluding hydrogens is 236 g/mol. The van der Waals surface area contributed by atoms with Gasteiger partial charge in [-0.3, -0.25) is 4.98 Å². The molecule has 0 unspecified atom stereocenters. The summed E-state index contributed by atoms with van der Waals surface area (Å²) in [6, 6.07) is 6.54. The smallest absolute Gasteiger partial charge is 0.119 e. The molecule has 3 nitrogen and oxygen atoms in total. The zero-order valence-electron chi connectivity index (χ0n) is 11.8. The van der Waals surface area contributed by atoms with Crippen molar-refractivity contribution < 1.29 is 4.74 Å². The summed E-state index contributed by atoms with van der Waals surface area (Å²) in [5, 5.41) is 4.78. The van der Waals surface area contributed by atoms with Crippen LogP contribution in [0.5, 0.6) is 5.75 Å². The number of fused-ring (bicyclic) bond motifs is 2. The highest BCUT2D eigenvalue weighted by Gasteiger charge is 2.20. The van der Waals surface area contributed by atoms with Gasteiger partial charge in [-0.05, 0) is 56.9 Å². The molecule has 19 heavy (non-hydrogen) atoms. The third-order valence-corrected chi connectivity index (χ3v) is 3.65. The number of hydrogen-bond donors (Lipinski definition) is 1. The second kappa shape index (κ2) is 4.72. The van der Waals surface area contributed by atoms with Crippen LogP contribution in [0.2, 0.25) is 0 Å². The first-order chi connectivity index (χ1) is 9.19. The zero-order chi connectivity index (χ0) is 13.4. The number of methoxy groups -OCH3 is 1. The minimum atomic E-state index is 0.418. The summed E-state index contributed by atoms with van der Waals surface area (Å²) in [4.78, 5) is 4.80. The van der Waals surface area contributed by atoms with Crippen molar-refractivity contribution in [2.24, 2.45) is 0 Å². The molecule has 0 saturated heterocycles. The average Bonchev–Trinajstić information content (AvgIpc) is 2.85. The molecule has 1 aromatic heterocycles. The van der Waals surface area contributed by atoms with Crippen molar-refractivity contribution in [3.8, 4) is 5.75 Å². The Morgan fingerprint density at radius 3 is 2.84 bits per heavy atom. The monoisotopic (exact) mass is 256 g/mol. The Morgan fingerprint density at radius 2 is 2.11 bits per heavy atom. The van der Waals surface area contributed by atoms with Crippen molar-refractivity contribution >= 4 is 16.6 Å². The normalized spacial score (nSPS) is 13.9. The number of pyridine rings is 1. The number of ether oxygens (including phenoxy) is 1. The molecule has 0 bridgehead atoms. The highest BCUT2D eigenvalue weighted by Crippen LogP contribution is 2.35. The molecule has 0 atom stereocenters. The van der Waals surface area contributed by atoms with Gasteiger partial charge in [0.05, 0.1) is 12.6 Å². The van der Waals surface area contributed by atoms with Crippen LogP contribution in [0.25, 0.3) is 10.9 Å². The highest BCUT2D eigenvalue weighted by atomic mass is 16.5. The number of anilines is 1. The number of rotatable bonds is 3. The molecule has 1 aromatic carbocycles. The lowest BCUT2D eigenvalue weighted by Crippen LogP contribution is -2.12. The minimum Gasteiger partial charge on any atom is -0.497 e. The van der Waals surface area contributed by atoms with E-state index in [-0.39, 0.29) is 0 Å². The first-order valence-corrected chi connectivity index (χ1v) is 6.95. The Hall–Kier alpha value is -1.77. The van der Waals surface area contributed by atoms with Crippen molar-refractivity contribution in [1.29, 1.82) is 0 Å². The van der Waals surface area contributed by atoms with Gasteiger partial charge < -0.3 is 10.1 Å². The van der Waals surface area contributed by atoms with E-state index in [1.54, 1.807) is 7.11 Å². The van der Waals surface area contributed by atoms with Gasteiger partial charge in [0.2, 0.25) is 0 Å². The van der Waals surface area contributed by atoms with E-state index in [4.69, 9.17) is 9.72 Å². The SMILES string of the molecule is COc1ccc2nc3c(c(NC(C)C)c2c1)CCC3. The Balaban J connectivity index is 2.26. The maximum atomic E-state index is 5.35. The molecule has 3 rings (SSSR count). The minimum absolute atomic E-state index is 0.418. The van der Waals surface area contributed by atoms with Gasteiger partial charge in [0, 0.05) is 22.8 Å². The molecule has 0 fully saturated rings. The number of nitrogens with zero attached hydrogens (tertiary/aromatic N) is 1. The van der Waals surface area contributed by atoms with Crippen LogP contribution < -0.4 is 10.1 Å². The fraction of sp³-hybridized carbons (Fsp3) is 0.438. The third-order valence-electron chi connectivity index (χ3n) is 3.65. The van der Waals surface area contributed by atoms with E-state index in [0.29, 0.717) is 6.04 Å². The molecule has 3 heteroatoms. The summed E-state index contributed by atoms with van der Waals surface area (Å²) in [5.41, 5.74) is 4.98. The van der Waals surface area contributed by atoms with Crippen LogP contribution in [0.3, 0.4) is 0 Å². The molecule has 1 N–H and O–H groups in total. The van der Waals surface area contributed by atoms with E-state index in [1.807, 2.05) is 6.07 Å². The summed E-state index contributed by atoms with van der Waals surface area (Å²) in [7, 11) is 1.71. The molecule has 1 aliphatic rings. The van der Waals surface area contributed by atoms with Gasteiger partial charge in [-0.1, -0.05) is 0 Å². The summed E-state index contributed by atoms with van der Waals surface area (Å²) < 4.78 is 5.35. The summed E-state index contributed by atoms with van der Waals surface area (Å²) in [6.45, 7) is 4.35. The Bertz CT molecular complexity index is 620. The molecule has 2 aromatic rings. The Kier molecular flexibility index (Phi) is 3.05. The van der Waals surface area contributed by atoms with Crippen molar-refractivity contribution in [3.63, 3.8) is 0 Å². The lowest BCUT2D eigenvalue weighted by Gasteiger charge is -2.17. The standard InChI is InChI=1S/C16H20N2O/c1-10(2)17-16-12-5-4-6-14(12)18-15-8-7-11(19-3)9-13(15)16/h7-10H,4-6H2,1-3H3,(H,17,18). The van der Waals surface area contributed by atoms with E-state index in [0.717, 1.165) is 24.1 Å². The van der Waals surface area contributed by atoms with Gasteiger partial charge >= 0.3 is 0 Å². The summed E-state index contributed by atoms with van der Waals surface area (Å²) in [5.74, 6) is 0.888. The third kappa shape index (κ3) is 2.14. The predicted molar refractivity (Wildman–Crippen MR) is 79.1 cm³/mol. The van der Waals surface area contributed by atoms with E-state index < -0.39 is 0 Å². The van der Waals surface area contributed by atoms with E-state index >= 15 is 0 Å². The molecular formula is C16H20N2O. The Labute approximate surface area is 114 Å². The van der Waals surface area contributed by atoms with E-state index in [2.05, 4.69) is 31.3 Å². The summed E-state index contributed by atoms with van der Waals surface area (Å²) in [6.07, 6.45) is 3.44.